The number of ether oxygens (including phenoxy) is 2. The molecular formula is C23H29BrClNO5S2. The Labute approximate surface area is 214 Å². The van der Waals surface area contributed by atoms with Crippen LogP contribution in [0, 0.1) is 6.92 Å². The minimum Gasteiger partial charge on any atom is -0.482 e. The van der Waals surface area contributed by atoms with Crippen molar-refractivity contribution in [1.82, 2.24) is 4.31 Å². The van der Waals surface area contributed by atoms with Gasteiger partial charge >= 0.3 is 5.97 Å². The Morgan fingerprint density at radius 3 is 2.55 bits per heavy atom. The molecule has 0 amide bonds. The summed E-state index contributed by atoms with van der Waals surface area (Å²) in [6, 6.07) is 10.5. The fourth-order valence-electron chi connectivity index (χ4n) is 3.03. The summed E-state index contributed by atoms with van der Waals surface area (Å²) in [6.45, 7) is 6.71. The minimum atomic E-state index is -3.61. The van der Waals surface area contributed by atoms with Crippen LogP contribution in [0.15, 0.2) is 50.7 Å². The molecule has 2 aromatic rings. The highest BCUT2D eigenvalue weighted by Gasteiger charge is 2.24. The largest absolute Gasteiger partial charge is 0.482 e. The molecule has 0 spiro atoms. The number of sulfonamides is 1. The van der Waals surface area contributed by atoms with Crippen LogP contribution in [-0.2, 0) is 19.6 Å². The van der Waals surface area contributed by atoms with Gasteiger partial charge in [0.15, 0.2) is 6.61 Å². The average molecular weight is 579 g/mol. The highest BCUT2D eigenvalue weighted by atomic mass is 79.9. The zero-order valence-corrected chi connectivity index (χ0v) is 22.9. The highest BCUT2D eigenvalue weighted by molar-refractivity contribution is 9.10. The van der Waals surface area contributed by atoms with Crippen molar-refractivity contribution in [3.63, 3.8) is 0 Å². The van der Waals surface area contributed by atoms with Crippen LogP contribution in [0.1, 0.15) is 32.3 Å². The molecule has 0 radical (unpaired) electrons. The van der Waals surface area contributed by atoms with Crippen molar-refractivity contribution in [2.24, 2.45) is 0 Å². The predicted molar refractivity (Wildman–Crippen MR) is 137 cm³/mol. The topological polar surface area (TPSA) is 72.9 Å². The molecule has 2 rings (SSSR count). The zero-order valence-electron chi connectivity index (χ0n) is 19.0. The van der Waals surface area contributed by atoms with Gasteiger partial charge in [-0.25, -0.2) is 13.2 Å². The number of rotatable bonds is 13. The van der Waals surface area contributed by atoms with E-state index in [0.29, 0.717) is 41.4 Å². The summed E-state index contributed by atoms with van der Waals surface area (Å²) >= 11 is 11.1. The molecule has 0 aliphatic carbocycles. The third-order valence-electron chi connectivity index (χ3n) is 4.62. The van der Waals surface area contributed by atoms with E-state index in [0.717, 1.165) is 22.6 Å². The number of aryl methyl sites for hydroxylation is 1. The van der Waals surface area contributed by atoms with Crippen molar-refractivity contribution >= 4 is 55.3 Å². The maximum atomic E-state index is 13.1. The summed E-state index contributed by atoms with van der Waals surface area (Å²) < 4.78 is 38.7. The van der Waals surface area contributed by atoms with Gasteiger partial charge in [-0.3, -0.25) is 0 Å². The van der Waals surface area contributed by atoms with Gasteiger partial charge in [0, 0.05) is 22.5 Å². The molecule has 0 atom stereocenters. The molecule has 0 aliphatic rings. The molecule has 182 valence electrons. The molecule has 0 aliphatic heterocycles. The number of carbonyl (C=O) groups excluding carboxylic acids is 1. The second-order valence-corrected chi connectivity index (χ2v) is 11.6. The molecule has 6 nitrogen and oxygen atoms in total. The fourth-order valence-corrected chi connectivity index (χ4v) is 6.05. The van der Waals surface area contributed by atoms with E-state index in [4.69, 9.17) is 21.1 Å². The summed E-state index contributed by atoms with van der Waals surface area (Å²) in [5.74, 6) is 1.01. The number of nitrogens with zero attached hydrogens (tertiary/aromatic N) is 1. The normalized spacial score (nSPS) is 11.6. The lowest BCUT2D eigenvalue weighted by molar-refractivity contribution is -0.145. The number of thioether (sulfide) groups is 1. The lowest BCUT2D eigenvalue weighted by Crippen LogP contribution is -2.33. The van der Waals surface area contributed by atoms with Crippen LogP contribution in [0.2, 0.25) is 5.02 Å². The number of hydrogen-bond donors (Lipinski definition) is 0. The molecule has 10 heteroatoms. The molecule has 0 unspecified atom stereocenters. The fraction of sp³-hybridized carbons (Fsp3) is 0.435. The van der Waals surface area contributed by atoms with E-state index in [-0.39, 0.29) is 11.5 Å². The predicted octanol–water partition coefficient (Wildman–Crippen LogP) is 5.94. The van der Waals surface area contributed by atoms with Crippen LogP contribution in [0.25, 0.3) is 0 Å². The van der Waals surface area contributed by atoms with E-state index < -0.39 is 16.0 Å². The highest BCUT2D eigenvalue weighted by Crippen LogP contribution is 2.28. The first kappa shape index (κ1) is 28.0. The van der Waals surface area contributed by atoms with Crippen LogP contribution in [-0.4, -0.2) is 50.7 Å². The smallest absolute Gasteiger partial charge is 0.344 e. The molecular weight excluding hydrogens is 550 g/mol. The van der Waals surface area contributed by atoms with Crippen molar-refractivity contribution < 1.29 is 22.7 Å². The van der Waals surface area contributed by atoms with E-state index in [9.17, 15) is 13.2 Å². The van der Waals surface area contributed by atoms with Gasteiger partial charge in [-0.1, -0.05) is 18.5 Å². The van der Waals surface area contributed by atoms with Gasteiger partial charge in [0.05, 0.1) is 16.5 Å². The zero-order chi connectivity index (χ0) is 24.4. The van der Waals surface area contributed by atoms with E-state index in [1.165, 1.54) is 10.4 Å². The van der Waals surface area contributed by atoms with Gasteiger partial charge in [0.25, 0.3) is 0 Å². The van der Waals surface area contributed by atoms with Gasteiger partial charge in [-0.15, -0.1) is 11.8 Å². The Kier molecular flexibility index (Phi) is 11.5. The van der Waals surface area contributed by atoms with Crippen molar-refractivity contribution in [2.45, 2.75) is 43.4 Å². The monoisotopic (exact) mass is 577 g/mol. The number of benzene rings is 2. The minimum absolute atomic E-state index is 0.119. The molecule has 0 aromatic heterocycles. The summed E-state index contributed by atoms with van der Waals surface area (Å²) in [5.41, 5.74) is 0.923. The first-order chi connectivity index (χ1) is 15.7. The SMILES string of the molecule is CCCN(CCCSc1ccc(OCC(=O)OCC)c(C)c1)S(=O)(=O)c1ccc(Br)c(Cl)c1. The molecule has 0 saturated carbocycles. The van der Waals surface area contributed by atoms with E-state index >= 15 is 0 Å². The number of carbonyl (C=O) groups is 1. The quantitative estimate of drug-likeness (QED) is 0.167. The summed E-state index contributed by atoms with van der Waals surface area (Å²) in [7, 11) is -3.61. The summed E-state index contributed by atoms with van der Waals surface area (Å²) in [4.78, 5) is 12.7. The van der Waals surface area contributed by atoms with Crippen molar-refractivity contribution in [3.8, 4) is 5.75 Å². The average Bonchev–Trinajstić information content (AvgIpc) is 2.77. The van der Waals surface area contributed by atoms with Gasteiger partial charge in [-0.2, -0.15) is 4.31 Å². The van der Waals surface area contributed by atoms with Gasteiger partial charge in [-0.05, 0) is 90.3 Å². The van der Waals surface area contributed by atoms with Crippen LogP contribution in [0.4, 0.5) is 0 Å². The Morgan fingerprint density at radius 2 is 1.91 bits per heavy atom. The molecule has 2 aromatic carbocycles. The Bertz CT molecular complexity index is 1050. The van der Waals surface area contributed by atoms with Gasteiger partial charge in [0.2, 0.25) is 10.0 Å². The second kappa shape index (κ2) is 13.6. The summed E-state index contributed by atoms with van der Waals surface area (Å²) in [6.07, 6.45) is 1.43. The van der Waals surface area contributed by atoms with Gasteiger partial charge < -0.3 is 9.47 Å². The molecule has 33 heavy (non-hydrogen) atoms. The lowest BCUT2D eigenvalue weighted by atomic mass is 10.2. The third-order valence-corrected chi connectivity index (χ3v) is 8.83. The molecule has 0 fully saturated rings. The standard InChI is InChI=1S/C23H29BrClNO5S2/c1-4-11-26(33(28,29)19-8-9-20(24)21(25)15-19)12-6-13-32-18-7-10-22(17(3)14-18)31-16-23(27)30-5-2/h7-10,14-15H,4-6,11-13,16H2,1-3H3. The number of hydrogen-bond acceptors (Lipinski definition) is 6. The van der Waals surface area contributed by atoms with Crippen molar-refractivity contribution in [3.05, 3.63) is 51.5 Å². The lowest BCUT2D eigenvalue weighted by Gasteiger charge is -2.22. The third kappa shape index (κ3) is 8.47. The maximum Gasteiger partial charge on any atom is 0.344 e. The molecule has 0 saturated heterocycles. The van der Waals surface area contributed by atoms with Crippen LogP contribution in [0.5, 0.6) is 5.75 Å². The Hall–Kier alpha value is -1.26. The maximum absolute atomic E-state index is 13.1. The first-order valence-electron chi connectivity index (χ1n) is 10.7. The molecule has 0 heterocycles. The van der Waals surface area contributed by atoms with Crippen molar-refractivity contribution in [1.29, 1.82) is 0 Å². The van der Waals surface area contributed by atoms with Gasteiger partial charge in [0.1, 0.15) is 5.75 Å². The Balaban J connectivity index is 1.92. The van der Waals surface area contributed by atoms with Crippen molar-refractivity contribution in [2.75, 3.05) is 32.1 Å². The summed E-state index contributed by atoms with van der Waals surface area (Å²) in [5, 5.41) is 0.369. The van der Waals surface area contributed by atoms with Crippen LogP contribution < -0.4 is 4.74 Å². The van der Waals surface area contributed by atoms with E-state index in [1.54, 1.807) is 30.8 Å². The Morgan fingerprint density at radius 1 is 1.15 bits per heavy atom. The van der Waals surface area contributed by atoms with E-state index in [2.05, 4.69) is 15.9 Å². The van der Waals surface area contributed by atoms with Crippen LogP contribution >= 0.6 is 39.3 Å². The van der Waals surface area contributed by atoms with E-state index in [1.807, 2.05) is 32.0 Å². The first-order valence-corrected chi connectivity index (χ1v) is 14.3. The number of esters is 1. The number of halogens is 2. The second-order valence-electron chi connectivity index (χ2n) is 7.20. The molecule has 0 bridgehead atoms. The van der Waals surface area contributed by atoms with Crippen LogP contribution in [0.3, 0.4) is 0 Å². The molecule has 0 N–H and O–H groups in total.